The van der Waals surface area contributed by atoms with E-state index in [4.69, 9.17) is 4.74 Å². The van der Waals surface area contributed by atoms with Crippen molar-refractivity contribution in [3.05, 3.63) is 48.0 Å². The van der Waals surface area contributed by atoms with Crippen LogP contribution in [0.15, 0.2) is 42.5 Å². The zero-order valence-electron chi connectivity index (χ0n) is 13.5. The Labute approximate surface area is 127 Å². The molecular formula is C18H24N2O. The lowest BCUT2D eigenvalue weighted by atomic mass is 9.99. The van der Waals surface area contributed by atoms with E-state index < -0.39 is 0 Å². The van der Waals surface area contributed by atoms with Gasteiger partial charge in [0.25, 0.3) is 0 Å². The van der Waals surface area contributed by atoms with Gasteiger partial charge in [0.1, 0.15) is 5.75 Å². The number of anilines is 1. The number of methoxy groups -OCH3 is 1. The third-order valence-electron chi connectivity index (χ3n) is 3.85. The largest absolute Gasteiger partial charge is 0.496 e. The zero-order valence-corrected chi connectivity index (χ0v) is 13.5. The number of nitrogens with zero attached hydrogens (tertiary/aromatic N) is 1. The highest BCUT2D eigenvalue weighted by Crippen LogP contribution is 2.33. The highest BCUT2D eigenvalue weighted by molar-refractivity contribution is 5.73. The van der Waals surface area contributed by atoms with Gasteiger partial charge in [-0.15, -0.1) is 0 Å². The fraction of sp³-hybridized carbons (Fsp3) is 0.333. The van der Waals surface area contributed by atoms with E-state index in [-0.39, 0.29) is 0 Å². The summed E-state index contributed by atoms with van der Waals surface area (Å²) in [5.74, 6) is 0.902. The molecule has 0 amide bonds. The van der Waals surface area contributed by atoms with Crippen molar-refractivity contribution in [3.63, 3.8) is 0 Å². The van der Waals surface area contributed by atoms with Gasteiger partial charge in [-0.05, 0) is 49.4 Å². The van der Waals surface area contributed by atoms with Crippen LogP contribution in [0.2, 0.25) is 0 Å². The fourth-order valence-electron chi connectivity index (χ4n) is 2.33. The number of hydrogen-bond acceptors (Lipinski definition) is 3. The lowest BCUT2D eigenvalue weighted by Gasteiger charge is -2.16. The molecule has 112 valence electrons. The normalized spacial score (nSPS) is 12.0. The SMILES string of the molecule is CNC(C)c1ccc(OC)c(-c2ccc(N(C)C)cc2)c1. The smallest absolute Gasteiger partial charge is 0.126 e. The molecular weight excluding hydrogens is 260 g/mol. The van der Waals surface area contributed by atoms with Crippen LogP contribution in [0.25, 0.3) is 11.1 Å². The van der Waals surface area contributed by atoms with Crippen molar-refractivity contribution in [2.24, 2.45) is 0 Å². The molecule has 0 bridgehead atoms. The Kier molecular flexibility index (Phi) is 4.86. The Morgan fingerprint density at radius 3 is 2.24 bits per heavy atom. The van der Waals surface area contributed by atoms with Crippen molar-refractivity contribution in [3.8, 4) is 16.9 Å². The molecule has 1 unspecified atom stereocenters. The quantitative estimate of drug-likeness (QED) is 0.906. The lowest BCUT2D eigenvalue weighted by Crippen LogP contribution is -2.12. The van der Waals surface area contributed by atoms with Crippen LogP contribution in [-0.4, -0.2) is 28.3 Å². The second-order valence-electron chi connectivity index (χ2n) is 5.41. The Morgan fingerprint density at radius 1 is 1.05 bits per heavy atom. The van der Waals surface area contributed by atoms with Crippen molar-refractivity contribution >= 4 is 5.69 Å². The molecule has 0 spiro atoms. The van der Waals surface area contributed by atoms with Crippen molar-refractivity contribution in [1.29, 1.82) is 0 Å². The summed E-state index contributed by atoms with van der Waals surface area (Å²) in [6.45, 7) is 2.15. The predicted molar refractivity (Wildman–Crippen MR) is 90.2 cm³/mol. The minimum absolute atomic E-state index is 0.315. The molecule has 0 saturated carbocycles. The summed E-state index contributed by atoms with van der Waals surface area (Å²) in [7, 11) is 7.78. The summed E-state index contributed by atoms with van der Waals surface area (Å²) < 4.78 is 5.51. The van der Waals surface area contributed by atoms with Gasteiger partial charge in [-0.25, -0.2) is 0 Å². The molecule has 2 rings (SSSR count). The van der Waals surface area contributed by atoms with Gasteiger partial charge < -0.3 is 15.0 Å². The molecule has 3 heteroatoms. The molecule has 0 radical (unpaired) electrons. The van der Waals surface area contributed by atoms with Crippen molar-refractivity contribution in [1.82, 2.24) is 5.32 Å². The van der Waals surface area contributed by atoms with Crippen LogP contribution in [0.4, 0.5) is 5.69 Å². The third-order valence-corrected chi connectivity index (χ3v) is 3.85. The van der Waals surface area contributed by atoms with Crippen molar-refractivity contribution in [2.75, 3.05) is 33.2 Å². The monoisotopic (exact) mass is 284 g/mol. The maximum Gasteiger partial charge on any atom is 0.126 e. The molecule has 0 heterocycles. The molecule has 1 N–H and O–H groups in total. The number of nitrogens with one attached hydrogen (secondary N) is 1. The first-order chi connectivity index (χ1) is 10.1. The van der Waals surface area contributed by atoms with Crippen LogP contribution < -0.4 is 15.0 Å². The Bertz CT molecular complexity index is 591. The van der Waals surface area contributed by atoms with Gasteiger partial charge in [0.05, 0.1) is 7.11 Å². The highest BCUT2D eigenvalue weighted by Gasteiger charge is 2.10. The van der Waals surface area contributed by atoms with Crippen LogP contribution in [-0.2, 0) is 0 Å². The van der Waals surface area contributed by atoms with Gasteiger partial charge in [-0.2, -0.15) is 0 Å². The average Bonchev–Trinajstić information content (AvgIpc) is 2.53. The van der Waals surface area contributed by atoms with E-state index >= 15 is 0 Å². The van der Waals surface area contributed by atoms with E-state index in [1.54, 1.807) is 7.11 Å². The van der Waals surface area contributed by atoms with E-state index in [2.05, 4.69) is 53.5 Å². The number of hydrogen-bond donors (Lipinski definition) is 1. The van der Waals surface area contributed by atoms with Gasteiger partial charge in [-0.1, -0.05) is 18.2 Å². The summed E-state index contributed by atoms with van der Waals surface area (Å²) >= 11 is 0. The van der Waals surface area contributed by atoms with E-state index in [9.17, 15) is 0 Å². The van der Waals surface area contributed by atoms with E-state index in [0.29, 0.717) is 6.04 Å². The number of benzene rings is 2. The first kappa shape index (κ1) is 15.4. The highest BCUT2D eigenvalue weighted by atomic mass is 16.5. The summed E-state index contributed by atoms with van der Waals surface area (Å²) in [5, 5.41) is 3.27. The van der Waals surface area contributed by atoms with E-state index in [0.717, 1.165) is 11.3 Å². The zero-order chi connectivity index (χ0) is 15.4. The van der Waals surface area contributed by atoms with Gasteiger partial charge >= 0.3 is 0 Å². The molecule has 0 aromatic heterocycles. The van der Waals surface area contributed by atoms with Gasteiger partial charge in [0.15, 0.2) is 0 Å². The maximum absolute atomic E-state index is 5.51. The van der Waals surface area contributed by atoms with Crippen molar-refractivity contribution < 1.29 is 4.74 Å². The van der Waals surface area contributed by atoms with Crippen LogP contribution in [0, 0.1) is 0 Å². The molecule has 2 aromatic rings. The van der Waals surface area contributed by atoms with E-state index in [1.165, 1.54) is 16.8 Å². The second-order valence-corrected chi connectivity index (χ2v) is 5.41. The van der Waals surface area contributed by atoms with Crippen LogP contribution in [0.3, 0.4) is 0 Å². The summed E-state index contributed by atoms with van der Waals surface area (Å²) in [6.07, 6.45) is 0. The molecule has 0 fully saturated rings. The Balaban J connectivity index is 2.45. The molecule has 21 heavy (non-hydrogen) atoms. The van der Waals surface area contributed by atoms with Crippen LogP contribution in [0.1, 0.15) is 18.5 Å². The first-order valence-corrected chi connectivity index (χ1v) is 7.19. The Hall–Kier alpha value is -2.00. The van der Waals surface area contributed by atoms with Crippen LogP contribution >= 0.6 is 0 Å². The summed E-state index contributed by atoms with van der Waals surface area (Å²) in [6, 6.07) is 15.2. The van der Waals surface area contributed by atoms with Gasteiger partial charge in [-0.3, -0.25) is 0 Å². The average molecular weight is 284 g/mol. The molecule has 1 atom stereocenters. The first-order valence-electron chi connectivity index (χ1n) is 7.19. The fourth-order valence-corrected chi connectivity index (χ4v) is 2.33. The molecule has 0 aliphatic heterocycles. The van der Waals surface area contributed by atoms with Crippen molar-refractivity contribution in [2.45, 2.75) is 13.0 Å². The number of ether oxygens (including phenoxy) is 1. The molecule has 0 aliphatic rings. The van der Waals surface area contributed by atoms with Crippen LogP contribution in [0.5, 0.6) is 5.75 Å². The minimum Gasteiger partial charge on any atom is -0.496 e. The topological polar surface area (TPSA) is 24.5 Å². The number of rotatable bonds is 5. The van der Waals surface area contributed by atoms with E-state index in [1.807, 2.05) is 27.2 Å². The van der Waals surface area contributed by atoms with Gasteiger partial charge in [0, 0.05) is 31.4 Å². The molecule has 3 nitrogen and oxygen atoms in total. The second kappa shape index (κ2) is 6.64. The summed E-state index contributed by atoms with van der Waals surface area (Å²) in [5.41, 5.74) is 4.74. The third kappa shape index (κ3) is 3.37. The summed E-state index contributed by atoms with van der Waals surface area (Å²) in [4.78, 5) is 2.10. The molecule has 0 saturated heterocycles. The van der Waals surface area contributed by atoms with Gasteiger partial charge in [0.2, 0.25) is 0 Å². The standard InChI is InChI=1S/C18H24N2O/c1-13(19-2)15-8-11-18(21-5)17(12-15)14-6-9-16(10-7-14)20(3)4/h6-13,19H,1-5H3. The minimum atomic E-state index is 0.315. The lowest BCUT2D eigenvalue weighted by molar-refractivity contribution is 0.416. The maximum atomic E-state index is 5.51. The predicted octanol–water partition coefficient (Wildman–Crippen LogP) is 3.71. The molecule has 0 aliphatic carbocycles. The molecule has 2 aromatic carbocycles. The Morgan fingerprint density at radius 2 is 1.71 bits per heavy atom.